The van der Waals surface area contributed by atoms with Crippen LogP contribution < -0.4 is 5.32 Å². The Labute approximate surface area is 160 Å². The van der Waals surface area contributed by atoms with Crippen molar-refractivity contribution in [2.75, 3.05) is 5.32 Å². The van der Waals surface area contributed by atoms with Crippen LogP contribution in [0, 0.1) is 0 Å². The van der Waals surface area contributed by atoms with E-state index >= 15 is 0 Å². The summed E-state index contributed by atoms with van der Waals surface area (Å²) in [4.78, 5) is 17.8. The van der Waals surface area contributed by atoms with Gasteiger partial charge in [0, 0.05) is 17.3 Å². The first-order chi connectivity index (χ1) is 13.3. The highest BCUT2D eigenvalue weighted by Gasteiger charge is 2.12. The summed E-state index contributed by atoms with van der Waals surface area (Å²) in [5, 5.41) is 6.90. The fourth-order valence-corrected chi connectivity index (χ4v) is 3.25. The third kappa shape index (κ3) is 4.27. The van der Waals surface area contributed by atoms with E-state index in [4.69, 9.17) is 4.42 Å². The second kappa shape index (κ2) is 7.92. The highest BCUT2D eigenvalue weighted by atomic mass is 32.2. The summed E-state index contributed by atoms with van der Waals surface area (Å²) in [7, 11) is 0. The largest absolute Gasteiger partial charge is 0.455 e. The van der Waals surface area contributed by atoms with Crippen LogP contribution in [0.5, 0.6) is 0 Å². The number of amides is 1. The SMILES string of the molecule is O=C(Nc1ccc(-n2cccn2)nc1)c1ccc(CSc2ccccc2)o1. The molecule has 27 heavy (non-hydrogen) atoms. The summed E-state index contributed by atoms with van der Waals surface area (Å²) in [5.74, 6) is 2.06. The molecule has 7 heteroatoms. The minimum absolute atomic E-state index is 0.273. The lowest BCUT2D eigenvalue weighted by Crippen LogP contribution is -2.11. The molecule has 1 aromatic carbocycles. The second-order valence-electron chi connectivity index (χ2n) is 5.68. The van der Waals surface area contributed by atoms with Crippen LogP contribution in [0.1, 0.15) is 16.3 Å². The molecule has 4 rings (SSSR count). The standard InChI is InChI=1S/C20H16N4O2S/c25-20(23-15-7-10-19(21-13-15)24-12-4-11-22-24)18-9-8-16(26-18)14-27-17-5-2-1-3-6-17/h1-13H,14H2,(H,23,25). The van der Waals surface area contributed by atoms with E-state index in [0.717, 1.165) is 10.7 Å². The molecule has 3 heterocycles. The number of carbonyl (C=O) groups excluding carboxylic acids is 1. The summed E-state index contributed by atoms with van der Waals surface area (Å²) in [5.41, 5.74) is 0.590. The average molecular weight is 376 g/mol. The van der Waals surface area contributed by atoms with Crippen LogP contribution in [0.25, 0.3) is 5.82 Å². The number of carbonyl (C=O) groups is 1. The van der Waals surface area contributed by atoms with Crippen molar-refractivity contribution in [1.82, 2.24) is 14.8 Å². The van der Waals surface area contributed by atoms with Gasteiger partial charge in [-0.25, -0.2) is 9.67 Å². The molecule has 3 aromatic heterocycles. The number of nitrogens with one attached hydrogen (secondary N) is 1. The quantitative estimate of drug-likeness (QED) is 0.505. The Morgan fingerprint density at radius 3 is 2.70 bits per heavy atom. The molecule has 0 spiro atoms. The molecule has 0 atom stereocenters. The van der Waals surface area contributed by atoms with Gasteiger partial charge in [0.15, 0.2) is 11.6 Å². The average Bonchev–Trinajstić information content (AvgIpc) is 3.40. The predicted octanol–water partition coefficient (Wildman–Crippen LogP) is 4.40. The maximum Gasteiger partial charge on any atom is 0.291 e. The van der Waals surface area contributed by atoms with Crippen LogP contribution in [-0.2, 0) is 5.75 Å². The minimum Gasteiger partial charge on any atom is -0.455 e. The number of anilines is 1. The Bertz CT molecular complexity index is 1010. The number of benzene rings is 1. The van der Waals surface area contributed by atoms with Gasteiger partial charge in [-0.3, -0.25) is 4.79 Å². The molecular formula is C20H16N4O2S. The topological polar surface area (TPSA) is 73.0 Å². The van der Waals surface area contributed by atoms with E-state index in [1.54, 1.807) is 53.2 Å². The monoisotopic (exact) mass is 376 g/mol. The summed E-state index contributed by atoms with van der Waals surface area (Å²) in [6.07, 6.45) is 5.07. The van der Waals surface area contributed by atoms with Gasteiger partial charge in [0.05, 0.1) is 17.6 Å². The third-order valence-corrected chi connectivity index (χ3v) is 4.79. The summed E-state index contributed by atoms with van der Waals surface area (Å²) >= 11 is 1.66. The lowest BCUT2D eigenvalue weighted by Gasteiger charge is -2.04. The highest BCUT2D eigenvalue weighted by Crippen LogP contribution is 2.23. The van der Waals surface area contributed by atoms with Gasteiger partial charge in [0.2, 0.25) is 0 Å². The second-order valence-corrected chi connectivity index (χ2v) is 6.73. The normalized spacial score (nSPS) is 10.7. The fourth-order valence-electron chi connectivity index (χ4n) is 2.44. The molecule has 1 amide bonds. The molecule has 0 aliphatic carbocycles. The maximum absolute atomic E-state index is 12.4. The lowest BCUT2D eigenvalue weighted by atomic mass is 10.3. The van der Waals surface area contributed by atoms with E-state index in [9.17, 15) is 4.79 Å². The highest BCUT2D eigenvalue weighted by molar-refractivity contribution is 7.98. The molecule has 0 saturated heterocycles. The molecule has 0 aliphatic rings. The van der Waals surface area contributed by atoms with Crippen molar-refractivity contribution in [3.63, 3.8) is 0 Å². The molecule has 0 aliphatic heterocycles. The predicted molar refractivity (Wildman–Crippen MR) is 104 cm³/mol. The van der Waals surface area contributed by atoms with Crippen LogP contribution in [0.15, 0.2) is 88.6 Å². The molecule has 1 N–H and O–H groups in total. The van der Waals surface area contributed by atoms with Crippen molar-refractivity contribution in [1.29, 1.82) is 0 Å². The summed E-state index contributed by atoms with van der Waals surface area (Å²) in [6, 6.07) is 18.9. The van der Waals surface area contributed by atoms with E-state index in [2.05, 4.69) is 15.4 Å². The number of hydrogen-bond acceptors (Lipinski definition) is 5. The van der Waals surface area contributed by atoms with Gasteiger partial charge in [-0.05, 0) is 42.5 Å². The van der Waals surface area contributed by atoms with Crippen LogP contribution >= 0.6 is 11.8 Å². The third-order valence-electron chi connectivity index (χ3n) is 3.75. The van der Waals surface area contributed by atoms with Gasteiger partial charge in [0.25, 0.3) is 5.91 Å². The minimum atomic E-state index is -0.306. The Hall–Kier alpha value is -3.32. The molecule has 0 unspecified atom stereocenters. The number of furan rings is 1. The Morgan fingerprint density at radius 2 is 1.96 bits per heavy atom. The molecule has 0 radical (unpaired) electrons. The number of rotatable bonds is 6. The van der Waals surface area contributed by atoms with Gasteiger partial charge in [-0.15, -0.1) is 11.8 Å². The Morgan fingerprint density at radius 1 is 1.07 bits per heavy atom. The van der Waals surface area contributed by atoms with Gasteiger partial charge in [-0.1, -0.05) is 18.2 Å². The van der Waals surface area contributed by atoms with Crippen molar-refractivity contribution in [2.45, 2.75) is 10.6 Å². The van der Waals surface area contributed by atoms with Gasteiger partial charge in [0.1, 0.15) is 5.76 Å². The summed E-state index contributed by atoms with van der Waals surface area (Å²) < 4.78 is 7.30. The van der Waals surface area contributed by atoms with Crippen LogP contribution in [0.4, 0.5) is 5.69 Å². The smallest absolute Gasteiger partial charge is 0.291 e. The van der Waals surface area contributed by atoms with Crippen LogP contribution in [0.2, 0.25) is 0 Å². The van der Waals surface area contributed by atoms with Crippen molar-refractivity contribution in [3.8, 4) is 5.82 Å². The molecule has 0 saturated carbocycles. The van der Waals surface area contributed by atoms with Crippen molar-refractivity contribution in [2.24, 2.45) is 0 Å². The molecule has 0 bridgehead atoms. The van der Waals surface area contributed by atoms with E-state index < -0.39 is 0 Å². The maximum atomic E-state index is 12.4. The zero-order valence-electron chi connectivity index (χ0n) is 14.3. The van der Waals surface area contributed by atoms with Gasteiger partial charge >= 0.3 is 0 Å². The van der Waals surface area contributed by atoms with Crippen molar-refractivity contribution >= 4 is 23.4 Å². The first kappa shape index (κ1) is 17.1. The van der Waals surface area contributed by atoms with E-state index in [1.165, 1.54) is 0 Å². The summed E-state index contributed by atoms with van der Waals surface area (Å²) in [6.45, 7) is 0. The van der Waals surface area contributed by atoms with Crippen LogP contribution in [-0.4, -0.2) is 20.7 Å². The van der Waals surface area contributed by atoms with E-state index in [1.807, 2.05) is 42.5 Å². The lowest BCUT2D eigenvalue weighted by molar-refractivity contribution is 0.0995. The van der Waals surface area contributed by atoms with Crippen LogP contribution in [0.3, 0.4) is 0 Å². The Kier molecular flexibility index (Phi) is 5.02. The molecule has 134 valence electrons. The van der Waals surface area contributed by atoms with Crippen molar-refractivity contribution < 1.29 is 9.21 Å². The number of pyridine rings is 1. The first-order valence-corrected chi connectivity index (χ1v) is 9.30. The number of hydrogen-bond donors (Lipinski definition) is 1. The number of nitrogens with zero attached hydrogens (tertiary/aromatic N) is 3. The number of aromatic nitrogens is 3. The first-order valence-electron chi connectivity index (χ1n) is 8.32. The molecule has 6 nitrogen and oxygen atoms in total. The Balaban J connectivity index is 1.36. The zero-order chi connectivity index (χ0) is 18.5. The van der Waals surface area contributed by atoms with Gasteiger partial charge < -0.3 is 9.73 Å². The van der Waals surface area contributed by atoms with E-state index in [0.29, 0.717) is 17.3 Å². The number of thioether (sulfide) groups is 1. The van der Waals surface area contributed by atoms with Gasteiger partial charge in [-0.2, -0.15) is 5.10 Å². The van der Waals surface area contributed by atoms with E-state index in [-0.39, 0.29) is 11.7 Å². The molecule has 4 aromatic rings. The zero-order valence-corrected chi connectivity index (χ0v) is 15.1. The molecular weight excluding hydrogens is 360 g/mol. The fraction of sp³-hybridized carbons (Fsp3) is 0.0500. The van der Waals surface area contributed by atoms with Crippen molar-refractivity contribution in [3.05, 3.63) is 90.8 Å². The molecule has 0 fully saturated rings.